The summed E-state index contributed by atoms with van der Waals surface area (Å²) in [6.07, 6.45) is 1.45. The Kier molecular flexibility index (Phi) is 5.79. The Labute approximate surface area is 195 Å². The van der Waals surface area contributed by atoms with Gasteiger partial charge in [0.15, 0.2) is 0 Å². The number of fused-ring (bicyclic) bond motifs is 1. The zero-order valence-corrected chi connectivity index (χ0v) is 18.6. The van der Waals surface area contributed by atoms with Crippen LogP contribution in [0, 0.1) is 5.82 Å². The van der Waals surface area contributed by atoms with Crippen LogP contribution >= 0.6 is 11.6 Å². The van der Waals surface area contributed by atoms with Crippen molar-refractivity contribution in [2.75, 3.05) is 31.1 Å². The molecule has 4 aromatic rings. The molecule has 0 spiro atoms. The van der Waals surface area contributed by atoms with Crippen molar-refractivity contribution in [2.24, 2.45) is 0 Å². The molecule has 0 amide bonds. The highest BCUT2D eigenvalue weighted by Crippen LogP contribution is 2.30. The van der Waals surface area contributed by atoms with Gasteiger partial charge in [0, 0.05) is 43.4 Å². The normalized spacial score (nSPS) is 14.7. The number of benzene rings is 3. The molecular weight excluding hydrogens is 443 g/mol. The van der Waals surface area contributed by atoms with Gasteiger partial charge in [-0.3, -0.25) is 9.69 Å². The van der Waals surface area contributed by atoms with Gasteiger partial charge in [-0.1, -0.05) is 23.7 Å². The minimum atomic E-state index is -0.246. The molecule has 0 bridgehead atoms. The van der Waals surface area contributed by atoms with Gasteiger partial charge in [-0.15, -0.1) is 0 Å². The van der Waals surface area contributed by atoms with Crippen LogP contribution in [0.25, 0.3) is 22.1 Å². The summed E-state index contributed by atoms with van der Waals surface area (Å²) in [5.74, 6) is -0.143. The molecule has 33 heavy (non-hydrogen) atoms. The fraction of sp³-hybridized carbons (Fsp3) is 0.192. The summed E-state index contributed by atoms with van der Waals surface area (Å²) in [5, 5.41) is 11.6. The maximum Gasteiger partial charge on any atom is 0.200 e. The lowest BCUT2D eigenvalue weighted by Gasteiger charge is -2.36. The monoisotopic (exact) mass is 464 g/mol. The maximum atomic E-state index is 13.2. The molecule has 2 heterocycles. The Hall–Kier alpha value is -3.35. The third kappa shape index (κ3) is 4.32. The molecule has 1 aliphatic rings. The van der Waals surface area contributed by atoms with E-state index in [1.54, 1.807) is 48.5 Å². The lowest BCUT2D eigenvalue weighted by molar-refractivity contribution is 0.246. The van der Waals surface area contributed by atoms with Gasteiger partial charge in [0.25, 0.3) is 0 Å². The van der Waals surface area contributed by atoms with E-state index < -0.39 is 0 Å². The number of anilines is 1. The molecule has 0 unspecified atom stereocenters. The average molecular weight is 465 g/mol. The minimum Gasteiger partial charge on any atom is -0.507 e. The first-order valence-corrected chi connectivity index (χ1v) is 11.1. The van der Waals surface area contributed by atoms with Gasteiger partial charge in [0.1, 0.15) is 23.4 Å². The van der Waals surface area contributed by atoms with E-state index in [-0.39, 0.29) is 17.0 Å². The number of hydrogen-bond acceptors (Lipinski definition) is 5. The van der Waals surface area contributed by atoms with E-state index in [9.17, 15) is 14.3 Å². The summed E-state index contributed by atoms with van der Waals surface area (Å²) in [7, 11) is 0. The minimum absolute atomic E-state index is 0.103. The zero-order chi connectivity index (χ0) is 22.9. The van der Waals surface area contributed by atoms with Crippen molar-refractivity contribution in [3.05, 3.63) is 93.6 Å². The molecule has 1 aromatic heterocycles. The molecule has 5 nitrogen and oxygen atoms in total. The van der Waals surface area contributed by atoms with Crippen molar-refractivity contribution < 1.29 is 13.9 Å². The van der Waals surface area contributed by atoms with Crippen molar-refractivity contribution in [1.29, 1.82) is 0 Å². The summed E-state index contributed by atoms with van der Waals surface area (Å²) in [4.78, 5) is 17.6. The lowest BCUT2D eigenvalue weighted by atomic mass is 10.0. The molecular formula is C26H22ClFN2O3. The molecule has 1 saturated heterocycles. The van der Waals surface area contributed by atoms with E-state index in [1.807, 2.05) is 0 Å². The van der Waals surface area contributed by atoms with Gasteiger partial charge in [0.05, 0.1) is 16.5 Å². The van der Waals surface area contributed by atoms with Crippen molar-refractivity contribution in [3.8, 4) is 16.9 Å². The quantitative estimate of drug-likeness (QED) is 0.445. The molecule has 1 fully saturated rings. The Balaban J connectivity index is 1.39. The second-order valence-electron chi connectivity index (χ2n) is 8.16. The Bertz CT molecular complexity index is 1350. The predicted octanol–water partition coefficient (Wildman–Crippen LogP) is 5.28. The SMILES string of the molecule is O=c1c(-c2ccc(Cl)cc2)coc2c(CN3CCN(c4ccc(F)cc4)CC3)c(O)ccc12. The fourth-order valence-electron chi connectivity index (χ4n) is 4.27. The molecule has 7 heteroatoms. The lowest BCUT2D eigenvalue weighted by Crippen LogP contribution is -2.46. The molecule has 0 radical (unpaired) electrons. The smallest absolute Gasteiger partial charge is 0.200 e. The molecule has 0 atom stereocenters. The van der Waals surface area contributed by atoms with E-state index in [0.29, 0.717) is 33.7 Å². The van der Waals surface area contributed by atoms with Crippen LogP contribution in [-0.2, 0) is 6.54 Å². The fourth-order valence-corrected chi connectivity index (χ4v) is 4.39. The van der Waals surface area contributed by atoms with Crippen molar-refractivity contribution in [1.82, 2.24) is 4.90 Å². The third-order valence-corrected chi connectivity index (χ3v) is 6.37. The van der Waals surface area contributed by atoms with Crippen LogP contribution in [0.3, 0.4) is 0 Å². The number of nitrogens with zero attached hydrogens (tertiary/aromatic N) is 2. The number of hydrogen-bond donors (Lipinski definition) is 1. The van der Waals surface area contributed by atoms with Gasteiger partial charge in [0.2, 0.25) is 5.43 Å². The standard InChI is InChI=1S/C26H22ClFN2O3/c27-18-3-1-17(2-4-18)23-16-33-26-21(25(23)32)9-10-24(31)22(26)15-29-11-13-30(14-12-29)20-7-5-19(28)6-8-20/h1-10,16,31H,11-15H2. The number of phenolic OH excluding ortho intramolecular Hbond substituents is 1. The van der Waals surface area contributed by atoms with Crippen molar-refractivity contribution in [3.63, 3.8) is 0 Å². The summed E-state index contributed by atoms with van der Waals surface area (Å²) in [6, 6.07) is 16.7. The molecule has 3 aromatic carbocycles. The van der Waals surface area contributed by atoms with Gasteiger partial charge < -0.3 is 14.4 Å². The first-order valence-electron chi connectivity index (χ1n) is 10.7. The maximum absolute atomic E-state index is 13.2. The van der Waals surface area contributed by atoms with Crippen LogP contribution in [0.5, 0.6) is 5.75 Å². The molecule has 168 valence electrons. The largest absolute Gasteiger partial charge is 0.507 e. The molecule has 1 aliphatic heterocycles. The first-order chi connectivity index (χ1) is 16.0. The van der Waals surface area contributed by atoms with Gasteiger partial charge in [-0.25, -0.2) is 4.39 Å². The van der Waals surface area contributed by atoms with Crippen LogP contribution in [0.4, 0.5) is 10.1 Å². The topological polar surface area (TPSA) is 56.9 Å². The van der Waals surface area contributed by atoms with E-state index in [2.05, 4.69) is 9.80 Å². The predicted molar refractivity (Wildman–Crippen MR) is 128 cm³/mol. The number of rotatable bonds is 4. The van der Waals surface area contributed by atoms with Crippen LogP contribution in [0.15, 0.2) is 76.1 Å². The number of halogens is 2. The highest BCUT2D eigenvalue weighted by atomic mass is 35.5. The van der Waals surface area contributed by atoms with Gasteiger partial charge in [-0.05, 0) is 54.1 Å². The highest BCUT2D eigenvalue weighted by Gasteiger charge is 2.21. The zero-order valence-electron chi connectivity index (χ0n) is 17.8. The van der Waals surface area contributed by atoms with Gasteiger partial charge >= 0.3 is 0 Å². The second-order valence-corrected chi connectivity index (χ2v) is 8.60. The second kappa shape index (κ2) is 8.89. The van der Waals surface area contributed by atoms with Gasteiger partial charge in [-0.2, -0.15) is 0 Å². The van der Waals surface area contributed by atoms with Crippen LogP contribution < -0.4 is 10.3 Å². The van der Waals surface area contributed by atoms with E-state index in [4.69, 9.17) is 16.0 Å². The highest BCUT2D eigenvalue weighted by molar-refractivity contribution is 6.30. The van der Waals surface area contributed by atoms with Crippen molar-refractivity contribution in [2.45, 2.75) is 6.54 Å². The third-order valence-electron chi connectivity index (χ3n) is 6.12. The Morgan fingerprint density at radius 3 is 2.33 bits per heavy atom. The molecule has 0 aliphatic carbocycles. The number of piperazine rings is 1. The summed E-state index contributed by atoms with van der Waals surface area (Å²) in [5.41, 5.74) is 3.01. The van der Waals surface area contributed by atoms with Crippen LogP contribution in [0.2, 0.25) is 5.02 Å². The van der Waals surface area contributed by atoms with Crippen LogP contribution in [0.1, 0.15) is 5.56 Å². The summed E-state index contributed by atoms with van der Waals surface area (Å²) >= 11 is 5.96. The van der Waals surface area contributed by atoms with Crippen LogP contribution in [-0.4, -0.2) is 36.2 Å². The number of aromatic hydroxyl groups is 1. The summed E-state index contributed by atoms with van der Waals surface area (Å²) in [6.45, 7) is 3.55. The van der Waals surface area contributed by atoms with E-state index >= 15 is 0 Å². The molecule has 5 rings (SSSR count). The average Bonchev–Trinajstić information content (AvgIpc) is 2.83. The first kappa shape index (κ1) is 21.5. The van der Waals surface area contributed by atoms with Crippen molar-refractivity contribution >= 4 is 28.3 Å². The molecule has 0 saturated carbocycles. The molecule has 1 N–H and O–H groups in total. The van der Waals surface area contributed by atoms with E-state index in [1.165, 1.54) is 18.4 Å². The Morgan fingerprint density at radius 1 is 0.939 bits per heavy atom. The Morgan fingerprint density at radius 2 is 1.64 bits per heavy atom. The van der Waals surface area contributed by atoms with E-state index in [0.717, 1.165) is 37.4 Å². The number of phenols is 1. The summed E-state index contributed by atoms with van der Waals surface area (Å²) < 4.78 is 19.1.